The number of aliphatic hydroxyl groups is 5. The molecule has 3 unspecified atom stereocenters. The van der Waals surface area contributed by atoms with E-state index in [0.29, 0.717) is 25.2 Å². The molecule has 39 heavy (non-hydrogen) atoms. The predicted octanol–water partition coefficient (Wildman–Crippen LogP) is 3.60. The van der Waals surface area contributed by atoms with Gasteiger partial charge in [0.2, 0.25) is 0 Å². The van der Waals surface area contributed by atoms with E-state index in [9.17, 15) is 30.3 Å². The number of carbonyl (C=O) groups excluding carboxylic acids is 1. The third-order valence-corrected chi connectivity index (χ3v) is 13.8. The van der Waals surface area contributed by atoms with Crippen LogP contribution >= 0.6 is 0 Å². The van der Waals surface area contributed by atoms with Crippen LogP contribution in [0.15, 0.2) is 11.6 Å². The number of allylic oxidation sites excluding steroid dienone is 2. The molecule has 0 saturated heterocycles. The quantitative estimate of drug-likeness (QED) is 0.269. The van der Waals surface area contributed by atoms with Crippen molar-refractivity contribution in [1.29, 1.82) is 0 Å². The first-order valence-corrected chi connectivity index (χ1v) is 15.1. The van der Waals surface area contributed by atoms with Crippen molar-refractivity contribution < 1.29 is 35.1 Å². The van der Waals surface area contributed by atoms with Crippen LogP contribution in [0.4, 0.5) is 0 Å². The van der Waals surface area contributed by atoms with E-state index < -0.39 is 40.7 Å². The van der Waals surface area contributed by atoms with E-state index in [1.165, 1.54) is 12.5 Å². The van der Waals surface area contributed by atoms with Gasteiger partial charge in [0.15, 0.2) is 0 Å². The monoisotopic (exact) mass is 548 g/mol. The minimum absolute atomic E-state index is 0.0792. The van der Waals surface area contributed by atoms with Crippen LogP contribution in [-0.2, 0) is 9.53 Å². The zero-order chi connectivity index (χ0) is 29.0. The van der Waals surface area contributed by atoms with Gasteiger partial charge in [-0.2, -0.15) is 0 Å². The molecule has 0 bridgehead atoms. The maximum absolute atomic E-state index is 11.8. The van der Waals surface area contributed by atoms with Crippen molar-refractivity contribution in [2.45, 2.75) is 118 Å². The van der Waals surface area contributed by atoms with Crippen LogP contribution in [0.5, 0.6) is 0 Å². The fourth-order valence-electron chi connectivity index (χ4n) is 11.2. The van der Waals surface area contributed by atoms with Crippen LogP contribution < -0.4 is 0 Å². The molecule has 0 heterocycles. The molecule has 4 saturated carbocycles. The highest BCUT2D eigenvalue weighted by molar-refractivity contribution is 5.65. The smallest absolute Gasteiger partial charge is 0.302 e. The molecule has 7 heteroatoms. The van der Waals surface area contributed by atoms with E-state index in [1.807, 2.05) is 13.8 Å². The first-order valence-electron chi connectivity index (χ1n) is 15.1. The standard InChI is InChI=1S/C32H52O7/c1-18(34)39-17-29(5)21-10-13-30(6)22(28(21,4)12-11-23(29)35)9-8-19-20-14-27(2,3)25(37)26(38)32(20,16-33)24(36)15-31(19,30)7/h8,20-26,33,35-38H,9-17H2,1-7H3/t20?,21?,22?,23-,24+,25-,26-,28-,29+,30+,31+,32-/m0/s1. The van der Waals surface area contributed by atoms with Crippen molar-refractivity contribution in [2.75, 3.05) is 13.2 Å². The highest BCUT2D eigenvalue weighted by Crippen LogP contribution is 2.75. The second-order valence-electron chi connectivity index (χ2n) is 15.8. The van der Waals surface area contributed by atoms with Gasteiger partial charge in [-0.1, -0.05) is 53.2 Å². The summed E-state index contributed by atoms with van der Waals surface area (Å²) < 4.78 is 5.54. The Bertz CT molecular complexity index is 1040. The molecule has 0 aliphatic heterocycles. The number of carbonyl (C=O) groups is 1. The summed E-state index contributed by atoms with van der Waals surface area (Å²) in [4.78, 5) is 11.8. The molecule has 5 N–H and O–H groups in total. The normalized spacial score (nSPS) is 54.4. The van der Waals surface area contributed by atoms with E-state index in [2.05, 4.69) is 33.8 Å². The van der Waals surface area contributed by atoms with E-state index in [0.717, 1.165) is 25.7 Å². The second kappa shape index (κ2) is 9.00. The Labute approximate surface area is 234 Å². The molecule has 5 aliphatic carbocycles. The lowest BCUT2D eigenvalue weighted by atomic mass is 9.33. The van der Waals surface area contributed by atoms with Gasteiger partial charge in [-0.15, -0.1) is 0 Å². The minimum Gasteiger partial charge on any atom is -0.465 e. The van der Waals surface area contributed by atoms with Gasteiger partial charge in [0.1, 0.15) is 0 Å². The maximum atomic E-state index is 11.8. The Kier molecular flexibility index (Phi) is 6.81. The first-order chi connectivity index (χ1) is 18.0. The van der Waals surface area contributed by atoms with E-state index >= 15 is 0 Å². The second-order valence-corrected chi connectivity index (χ2v) is 15.8. The van der Waals surface area contributed by atoms with Gasteiger partial charge in [-0.05, 0) is 84.4 Å². The number of hydrogen-bond acceptors (Lipinski definition) is 7. The Balaban J connectivity index is 1.59. The summed E-state index contributed by atoms with van der Waals surface area (Å²) in [5.74, 6) is -0.0429. The number of rotatable bonds is 3. The summed E-state index contributed by atoms with van der Waals surface area (Å²) in [5.41, 5.74) is -1.57. The van der Waals surface area contributed by atoms with Crippen LogP contribution in [0, 0.1) is 50.2 Å². The zero-order valence-corrected chi connectivity index (χ0v) is 25.0. The zero-order valence-electron chi connectivity index (χ0n) is 25.0. The van der Waals surface area contributed by atoms with Gasteiger partial charge in [-0.25, -0.2) is 0 Å². The van der Waals surface area contributed by atoms with Crippen LogP contribution in [0.1, 0.15) is 93.4 Å². The lowest BCUT2D eigenvalue weighted by Crippen LogP contribution is -2.71. The van der Waals surface area contributed by atoms with E-state index in [-0.39, 0.29) is 47.3 Å². The van der Waals surface area contributed by atoms with Crippen LogP contribution in [0.2, 0.25) is 0 Å². The van der Waals surface area contributed by atoms with Crippen LogP contribution in [0.25, 0.3) is 0 Å². The Morgan fingerprint density at radius 1 is 0.923 bits per heavy atom. The van der Waals surface area contributed by atoms with Gasteiger partial charge in [0, 0.05) is 12.3 Å². The lowest BCUT2D eigenvalue weighted by molar-refractivity contribution is -0.259. The summed E-state index contributed by atoms with van der Waals surface area (Å²) in [5, 5.41) is 56.2. The molecule has 0 amide bonds. The Morgan fingerprint density at radius 3 is 2.21 bits per heavy atom. The fraction of sp³-hybridized carbons (Fsp3) is 0.906. The Hall–Kier alpha value is -0.990. The van der Waals surface area contributed by atoms with E-state index in [1.54, 1.807) is 0 Å². The van der Waals surface area contributed by atoms with Crippen molar-refractivity contribution in [3.63, 3.8) is 0 Å². The molecule has 0 aromatic heterocycles. The summed E-state index contributed by atoms with van der Waals surface area (Å²) in [6.07, 6.45) is 3.94. The summed E-state index contributed by atoms with van der Waals surface area (Å²) >= 11 is 0. The number of ether oxygens (including phenoxy) is 1. The molecular weight excluding hydrogens is 496 g/mol. The molecule has 12 atom stereocenters. The topological polar surface area (TPSA) is 127 Å². The maximum Gasteiger partial charge on any atom is 0.302 e. The molecule has 222 valence electrons. The molecule has 0 spiro atoms. The molecule has 4 fully saturated rings. The number of fused-ring (bicyclic) bond motifs is 7. The summed E-state index contributed by atoms with van der Waals surface area (Å²) in [6, 6.07) is 0. The average molecular weight is 549 g/mol. The Morgan fingerprint density at radius 2 is 1.59 bits per heavy atom. The van der Waals surface area contributed by atoms with Crippen LogP contribution in [0.3, 0.4) is 0 Å². The largest absolute Gasteiger partial charge is 0.465 e. The number of esters is 1. The van der Waals surface area contributed by atoms with Crippen LogP contribution in [-0.4, -0.2) is 69.1 Å². The van der Waals surface area contributed by atoms with Crippen molar-refractivity contribution in [3.05, 3.63) is 11.6 Å². The summed E-state index contributed by atoms with van der Waals surface area (Å²) in [7, 11) is 0. The molecule has 5 rings (SSSR count). The molecule has 0 aromatic rings. The van der Waals surface area contributed by atoms with Crippen molar-refractivity contribution in [2.24, 2.45) is 50.2 Å². The lowest BCUT2D eigenvalue weighted by Gasteiger charge is -2.72. The molecular formula is C32H52O7. The third-order valence-electron chi connectivity index (χ3n) is 13.8. The van der Waals surface area contributed by atoms with Crippen molar-refractivity contribution >= 4 is 5.97 Å². The summed E-state index contributed by atoms with van der Waals surface area (Å²) in [6.45, 7) is 14.4. The SMILES string of the molecule is CC(=O)OC[C@]1(C)C2CC[C@]3(C)C(CC=C4C5CC(C)(C)[C@@H](O)[C@H](O)[C@]5(CO)[C@H](O)C[C@]43C)[C@@]2(C)CC[C@@H]1O. The third kappa shape index (κ3) is 3.62. The van der Waals surface area contributed by atoms with Gasteiger partial charge < -0.3 is 30.3 Å². The molecule has 0 aromatic carbocycles. The minimum atomic E-state index is -1.21. The van der Waals surface area contributed by atoms with Gasteiger partial charge in [0.25, 0.3) is 0 Å². The highest BCUT2D eigenvalue weighted by atomic mass is 16.5. The fourth-order valence-corrected chi connectivity index (χ4v) is 11.2. The van der Waals surface area contributed by atoms with E-state index in [4.69, 9.17) is 4.74 Å². The predicted molar refractivity (Wildman–Crippen MR) is 147 cm³/mol. The van der Waals surface area contributed by atoms with Gasteiger partial charge in [0.05, 0.1) is 43.0 Å². The highest BCUT2D eigenvalue weighted by Gasteiger charge is 2.72. The number of hydrogen-bond donors (Lipinski definition) is 5. The number of aliphatic hydroxyl groups excluding tert-OH is 5. The van der Waals surface area contributed by atoms with Gasteiger partial charge in [-0.3, -0.25) is 4.79 Å². The molecule has 5 aliphatic rings. The first kappa shape index (κ1) is 29.5. The van der Waals surface area contributed by atoms with Crippen molar-refractivity contribution in [3.8, 4) is 0 Å². The average Bonchev–Trinajstić information content (AvgIpc) is 2.85. The van der Waals surface area contributed by atoms with Crippen molar-refractivity contribution in [1.82, 2.24) is 0 Å². The molecule has 7 nitrogen and oxygen atoms in total. The molecule has 0 radical (unpaired) electrons. The van der Waals surface area contributed by atoms with Gasteiger partial charge >= 0.3 is 5.97 Å².